The van der Waals surface area contributed by atoms with Crippen molar-refractivity contribution in [3.05, 3.63) is 35.4 Å². The van der Waals surface area contributed by atoms with Crippen LogP contribution in [-0.2, 0) is 4.79 Å². The summed E-state index contributed by atoms with van der Waals surface area (Å²) >= 11 is 0. The Morgan fingerprint density at radius 2 is 2.11 bits per heavy atom. The van der Waals surface area contributed by atoms with Gasteiger partial charge in [0.25, 0.3) is 0 Å². The third-order valence-corrected chi connectivity index (χ3v) is 3.85. The van der Waals surface area contributed by atoms with Crippen LogP contribution in [0.15, 0.2) is 24.3 Å². The molecule has 0 bridgehead atoms. The van der Waals surface area contributed by atoms with Crippen LogP contribution in [0.1, 0.15) is 43.4 Å². The number of rotatable bonds is 3. The molecule has 0 amide bonds. The van der Waals surface area contributed by atoms with Gasteiger partial charge in [-0.3, -0.25) is 9.69 Å². The molecular weight excluding hydrogens is 240 g/mol. The maximum atomic E-state index is 11.3. The molecule has 0 radical (unpaired) electrons. The zero-order valence-electron chi connectivity index (χ0n) is 11.0. The maximum Gasteiger partial charge on any atom is 0.320 e. The van der Waals surface area contributed by atoms with E-state index in [1.807, 2.05) is 24.0 Å². The molecule has 1 N–H and O–H groups in total. The molecule has 2 atom stereocenters. The second-order valence-electron chi connectivity index (χ2n) is 5.00. The van der Waals surface area contributed by atoms with Crippen molar-refractivity contribution < 1.29 is 9.90 Å². The number of carboxylic acid groups (broad SMARTS) is 1. The van der Waals surface area contributed by atoms with Gasteiger partial charge < -0.3 is 5.11 Å². The normalized spacial score (nSPS) is 21.6. The number of hydrogen-bond acceptors (Lipinski definition) is 3. The average Bonchev–Trinajstić information content (AvgIpc) is 2.46. The molecule has 0 aromatic heterocycles. The fourth-order valence-electron chi connectivity index (χ4n) is 2.71. The Hall–Kier alpha value is -1.86. The van der Waals surface area contributed by atoms with Crippen LogP contribution in [0.5, 0.6) is 0 Å². The molecule has 19 heavy (non-hydrogen) atoms. The van der Waals surface area contributed by atoms with Gasteiger partial charge in [-0.1, -0.05) is 18.6 Å². The van der Waals surface area contributed by atoms with Crippen LogP contribution in [0.25, 0.3) is 0 Å². The molecule has 1 heterocycles. The largest absolute Gasteiger partial charge is 0.480 e. The molecule has 100 valence electrons. The molecule has 1 aliphatic heterocycles. The van der Waals surface area contributed by atoms with Gasteiger partial charge in [0.1, 0.15) is 6.04 Å². The summed E-state index contributed by atoms with van der Waals surface area (Å²) in [6, 6.07) is 9.16. The number of carboxylic acids is 1. The number of nitriles is 1. The number of nitrogens with zero attached hydrogens (tertiary/aromatic N) is 2. The summed E-state index contributed by atoms with van der Waals surface area (Å²) in [5.74, 6) is -0.736. The third-order valence-electron chi connectivity index (χ3n) is 3.85. The number of carbonyl (C=O) groups is 1. The van der Waals surface area contributed by atoms with E-state index >= 15 is 0 Å². The molecule has 2 unspecified atom stereocenters. The fraction of sp³-hybridized carbons (Fsp3) is 0.467. The number of hydrogen-bond donors (Lipinski definition) is 1. The molecule has 1 fully saturated rings. The summed E-state index contributed by atoms with van der Waals surface area (Å²) < 4.78 is 0. The highest BCUT2D eigenvalue weighted by atomic mass is 16.4. The van der Waals surface area contributed by atoms with Crippen molar-refractivity contribution in [2.45, 2.75) is 38.3 Å². The van der Waals surface area contributed by atoms with E-state index in [0.717, 1.165) is 31.4 Å². The van der Waals surface area contributed by atoms with E-state index in [1.54, 1.807) is 12.1 Å². The zero-order chi connectivity index (χ0) is 13.8. The highest BCUT2D eigenvalue weighted by Gasteiger charge is 2.31. The summed E-state index contributed by atoms with van der Waals surface area (Å²) in [7, 11) is 0. The summed E-state index contributed by atoms with van der Waals surface area (Å²) in [6.07, 6.45) is 2.74. The molecule has 0 spiro atoms. The highest BCUT2D eigenvalue weighted by Crippen LogP contribution is 2.28. The van der Waals surface area contributed by atoms with Gasteiger partial charge in [0.05, 0.1) is 11.6 Å². The number of aliphatic carboxylic acids is 1. The number of piperidine rings is 1. The van der Waals surface area contributed by atoms with Crippen molar-refractivity contribution in [3.63, 3.8) is 0 Å². The Kier molecular flexibility index (Phi) is 4.18. The number of likely N-dealkylation sites (tertiary alicyclic amines) is 1. The second-order valence-corrected chi connectivity index (χ2v) is 5.00. The molecule has 0 aliphatic carbocycles. The van der Waals surface area contributed by atoms with Crippen molar-refractivity contribution in [1.82, 2.24) is 4.90 Å². The molecule has 4 heteroatoms. The average molecular weight is 258 g/mol. The highest BCUT2D eigenvalue weighted by molar-refractivity contribution is 5.73. The van der Waals surface area contributed by atoms with Crippen LogP contribution in [0.2, 0.25) is 0 Å². The van der Waals surface area contributed by atoms with E-state index in [9.17, 15) is 9.90 Å². The van der Waals surface area contributed by atoms with E-state index in [1.165, 1.54) is 0 Å². The van der Waals surface area contributed by atoms with Crippen LogP contribution < -0.4 is 0 Å². The van der Waals surface area contributed by atoms with Crippen molar-refractivity contribution >= 4 is 5.97 Å². The molecule has 1 aliphatic rings. The predicted molar refractivity (Wildman–Crippen MR) is 71.6 cm³/mol. The van der Waals surface area contributed by atoms with Crippen LogP contribution >= 0.6 is 0 Å². The molecule has 2 rings (SSSR count). The van der Waals surface area contributed by atoms with E-state index in [0.29, 0.717) is 5.56 Å². The number of benzene rings is 1. The lowest BCUT2D eigenvalue weighted by atomic mass is 9.97. The molecular formula is C15H18N2O2. The Balaban J connectivity index is 2.18. The topological polar surface area (TPSA) is 64.3 Å². The predicted octanol–water partition coefficient (Wildman–Crippen LogP) is 2.56. The zero-order valence-corrected chi connectivity index (χ0v) is 11.0. The van der Waals surface area contributed by atoms with E-state index in [2.05, 4.69) is 6.07 Å². The van der Waals surface area contributed by atoms with Gasteiger partial charge in [-0.15, -0.1) is 0 Å². The molecule has 1 aromatic rings. The minimum atomic E-state index is -0.736. The van der Waals surface area contributed by atoms with Crippen LogP contribution in [0.3, 0.4) is 0 Å². The Morgan fingerprint density at radius 1 is 1.42 bits per heavy atom. The standard InChI is InChI=1S/C15H18N2O2/c1-11(13-7-5-12(10-16)6-8-13)17-9-3-2-4-14(17)15(18)19/h5-8,11,14H,2-4,9H2,1H3,(H,18,19). The van der Waals surface area contributed by atoms with Crippen LogP contribution in [0, 0.1) is 11.3 Å². The first-order valence-electron chi connectivity index (χ1n) is 6.62. The molecule has 0 saturated carbocycles. The summed E-state index contributed by atoms with van der Waals surface area (Å²) in [6.45, 7) is 2.85. The fourth-order valence-corrected chi connectivity index (χ4v) is 2.71. The Labute approximate surface area is 113 Å². The lowest BCUT2D eigenvalue weighted by molar-refractivity contribution is -0.145. The van der Waals surface area contributed by atoms with Gasteiger partial charge in [0.15, 0.2) is 0 Å². The minimum absolute atomic E-state index is 0.0640. The lowest BCUT2D eigenvalue weighted by Crippen LogP contribution is -2.45. The summed E-state index contributed by atoms with van der Waals surface area (Å²) in [5.41, 5.74) is 1.69. The van der Waals surface area contributed by atoms with Gasteiger partial charge in [-0.05, 0) is 44.0 Å². The van der Waals surface area contributed by atoms with E-state index < -0.39 is 5.97 Å². The first-order valence-corrected chi connectivity index (χ1v) is 6.62. The minimum Gasteiger partial charge on any atom is -0.480 e. The second kappa shape index (κ2) is 5.85. The molecule has 4 nitrogen and oxygen atoms in total. The first-order chi connectivity index (χ1) is 9.13. The smallest absolute Gasteiger partial charge is 0.320 e. The van der Waals surface area contributed by atoms with Gasteiger partial charge in [-0.25, -0.2) is 0 Å². The monoisotopic (exact) mass is 258 g/mol. The third kappa shape index (κ3) is 2.94. The van der Waals surface area contributed by atoms with Crippen molar-refractivity contribution in [2.75, 3.05) is 6.54 Å². The van der Waals surface area contributed by atoms with E-state index in [4.69, 9.17) is 5.26 Å². The Morgan fingerprint density at radius 3 is 2.68 bits per heavy atom. The van der Waals surface area contributed by atoms with E-state index in [-0.39, 0.29) is 12.1 Å². The molecule has 1 saturated heterocycles. The van der Waals surface area contributed by atoms with Crippen molar-refractivity contribution in [3.8, 4) is 6.07 Å². The lowest BCUT2D eigenvalue weighted by Gasteiger charge is -2.37. The SMILES string of the molecule is CC(c1ccc(C#N)cc1)N1CCCCC1C(=O)O. The van der Waals surface area contributed by atoms with Gasteiger partial charge in [0, 0.05) is 6.04 Å². The Bertz CT molecular complexity index is 490. The van der Waals surface area contributed by atoms with Crippen LogP contribution in [0.4, 0.5) is 0 Å². The summed E-state index contributed by atoms with van der Waals surface area (Å²) in [5, 5.41) is 18.1. The van der Waals surface area contributed by atoms with Crippen molar-refractivity contribution in [2.24, 2.45) is 0 Å². The first kappa shape index (κ1) is 13.6. The van der Waals surface area contributed by atoms with Gasteiger partial charge in [0.2, 0.25) is 0 Å². The van der Waals surface area contributed by atoms with Crippen molar-refractivity contribution in [1.29, 1.82) is 5.26 Å². The van der Waals surface area contributed by atoms with Gasteiger partial charge >= 0.3 is 5.97 Å². The summed E-state index contributed by atoms with van der Waals surface area (Å²) in [4.78, 5) is 13.4. The van der Waals surface area contributed by atoms with Gasteiger partial charge in [-0.2, -0.15) is 5.26 Å². The molecule has 1 aromatic carbocycles. The quantitative estimate of drug-likeness (QED) is 0.905. The maximum absolute atomic E-state index is 11.3. The van der Waals surface area contributed by atoms with Crippen LogP contribution in [-0.4, -0.2) is 28.6 Å².